The lowest BCUT2D eigenvalue weighted by Gasteiger charge is -2.41. The molecule has 3 aromatic rings. The summed E-state index contributed by atoms with van der Waals surface area (Å²) in [5, 5.41) is 14.7. The van der Waals surface area contributed by atoms with Gasteiger partial charge in [0.15, 0.2) is 5.78 Å². The van der Waals surface area contributed by atoms with Crippen LogP contribution in [-0.2, 0) is 5.41 Å². The van der Waals surface area contributed by atoms with Crippen molar-refractivity contribution in [2.24, 2.45) is 0 Å². The first-order valence-corrected chi connectivity index (χ1v) is 10.00. The molecule has 0 saturated carbocycles. The number of rotatable bonds is 3. The number of ether oxygens (including phenoxy) is 1. The Labute approximate surface area is 179 Å². The molecule has 0 fully saturated rings. The molecule has 1 spiro atoms. The number of hydrogen-bond donors (Lipinski definition) is 1. The summed E-state index contributed by atoms with van der Waals surface area (Å²) >= 11 is 0. The second-order valence-electron chi connectivity index (χ2n) is 8.36. The number of carbonyl (C=O) groups excluding carboxylic acids is 1. The Hall–Kier alpha value is -3.93. The smallest absolute Gasteiger partial charge is 0.269 e. The standard InChI is InChI=1S/C25H20N2O4/c1-24(2)20-15-19(27(29)30)9-10-21(20)26-25(24)13-12-17-14-18(8-11-22(17)31-25)23(28)16-6-4-3-5-7-16/h3-15,26H,1-2H3. The van der Waals surface area contributed by atoms with Crippen LogP contribution in [0.3, 0.4) is 0 Å². The van der Waals surface area contributed by atoms with E-state index in [1.807, 2.05) is 50.3 Å². The van der Waals surface area contributed by atoms with E-state index in [0.717, 1.165) is 16.8 Å². The molecule has 2 aliphatic heterocycles. The van der Waals surface area contributed by atoms with Crippen LogP contribution in [0.4, 0.5) is 11.4 Å². The molecule has 154 valence electrons. The van der Waals surface area contributed by atoms with Crippen molar-refractivity contribution in [3.63, 3.8) is 0 Å². The first-order chi connectivity index (χ1) is 14.8. The molecule has 0 aliphatic carbocycles. The Bertz CT molecular complexity index is 1260. The van der Waals surface area contributed by atoms with Gasteiger partial charge in [-0.05, 0) is 55.8 Å². The molecule has 0 amide bonds. The summed E-state index contributed by atoms with van der Waals surface area (Å²) in [5.74, 6) is 0.603. The Morgan fingerprint density at radius 3 is 2.52 bits per heavy atom. The largest absolute Gasteiger partial charge is 0.463 e. The second kappa shape index (κ2) is 6.54. The maximum atomic E-state index is 12.8. The number of fused-ring (bicyclic) bond motifs is 2. The third-order valence-corrected chi connectivity index (χ3v) is 6.21. The number of nitrogens with one attached hydrogen (secondary N) is 1. The number of benzene rings is 3. The van der Waals surface area contributed by atoms with Crippen molar-refractivity contribution in [3.05, 3.63) is 105 Å². The number of ketones is 1. The van der Waals surface area contributed by atoms with Crippen molar-refractivity contribution >= 4 is 23.2 Å². The molecule has 6 nitrogen and oxygen atoms in total. The van der Waals surface area contributed by atoms with Crippen molar-refractivity contribution < 1.29 is 14.5 Å². The van der Waals surface area contributed by atoms with Gasteiger partial charge in [0.1, 0.15) is 5.75 Å². The number of nitro benzene ring substituents is 1. The lowest BCUT2D eigenvalue weighted by molar-refractivity contribution is -0.384. The predicted molar refractivity (Wildman–Crippen MR) is 118 cm³/mol. The Kier molecular flexibility index (Phi) is 4.02. The summed E-state index contributed by atoms with van der Waals surface area (Å²) in [4.78, 5) is 23.6. The average Bonchev–Trinajstić information content (AvgIpc) is 2.99. The van der Waals surface area contributed by atoms with Gasteiger partial charge in [-0.2, -0.15) is 0 Å². The van der Waals surface area contributed by atoms with Gasteiger partial charge in [0.05, 0.1) is 10.3 Å². The van der Waals surface area contributed by atoms with Gasteiger partial charge in [-0.15, -0.1) is 0 Å². The van der Waals surface area contributed by atoms with Gasteiger partial charge in [-0.3, -0.25) is 14.9 Å². The van der Waals surface area contributed by atoms with Crippen LogP contribution in [-0.4, -0.2) is 16.4 Å². The van der Waals surface area contributed by atoms with E-state index in [1.165, 1.54) is 6.07 Å². The van der Waals surface area contributed by atoms with Crippen LogP contribution >= 0.6 is 0 Å². The van der Waals surface area contributed by atoms with Crippen LogP contribution in [0, 0.1) is 10.1 Å². The summed E-state index contributed by atoms with van der Waals surface area (Å²) in [6.45, 7) is 4.00. The lowest BCUT2D eigenvalue weighted by atomic mass is 9.76. The summed E-state index contributed by atoms with van der Waals surface area (Å²) < 4.78 is 6.44. The first-order valence-electron chi connectivity index (χ1n) is 10.00. The van der Waals surface area contributed by atoms with Gasteiger partial charge in [0.25, 0.3) is 5.69 Å². The molecule has 2 heterocycles. The highest BCUT2D eigenvalue weighted by molar-refractivity contribution is 6.09. The van der Waals surface area contributed by atoms with Crippen molar-refractivity contribution in [1.29, 1.82) is 0 Å². The minimum Gasteiger partial charge on any atom is -0.463 e. The third kappa shape index (κ3) is 2.83. The number of nitro groups is 1. The van der Waals surface area contributed by atoms with E-state index in [2.05, 4.69) is 5.32 Å². The zero-order valence-corrected chi connectivity index (χ0v) is 17.1. The minimum atomic E-state index is -0.886. The molecule has 0 aromatic heterocycles. The van der Waals surface area contributed by atoms with E-state index < -0.39 is 11.1 Å². The Balaban J connectivity index is 1.50. The van der Waals surface area contributed by atoms with Crippen LogP contribution in [0.5, 0.6) is 5.75 Å². The molecule has 5 rings (SSSR count). The summed E-state index contributed by atoms with van der Waals surface area (Å²) in [6.07, 6.45) is 3.87. The van der Waals surface area contributed by atoms with Crippen molar-refractivity contribution in [1.82, 2.24) is 0 Å². The average molecular weight is 412 g/mol. The first kappa shape index (κ1) is 19.1. The van der Waals surface area contributed by atoms with Gasteiger partial charge >= 0.3 is 0 Å². The van der Waals surface area contributed by atoms with Gasteiger partial charge in [0, 0.05) is 34.5 Å². The van der Waals surface area contributed by atoms with Crippen LogP contribution in [0.2, 0.25) is 0 Å². The van der Waals surface area contributed by atoms with E-state index >= 15 is 0 Å². The molecule has 0 radical (unpaired) electrons. The Morgan fingerprint density at radius 2 is 1.77 bits per heavy atom. The second-order valence-corrected chi connectivity index (χ2v) is 8.36. The number of nitrogens with zero attached hydrogens (tertiary/aromatic N) is 1. The summed E-state index contributed by atoms with van der Waals surface area (Å²) in [5.41, 5.74) is 2.26. The van der Waals surface area contributed by atoms with E-state index in [9.17, 15) is 14.9 Å². The third-order valence-electron chi connectivity index (χ3n) is 6.21. The molecule has 3 aromatic carbocycles. The molecule has 2 aliphatic rings. The highest BCUT2D eigenvalue weighted by atomic mass is 16.6. The van der Waals surface area contributed by atoms with Crippen LogP contribution in [0.25, 0.3) is 6.08 Å². The molecular weight excluding hydrogens is 392 g/mol. The van der Waals surface area contributed by atoms with Gasteiger partial charge in [-0.1, -0.05) is 30.3 Å². The van der Waals surface area contributed by atoms with E-state index in [0.29, 0.717) is 16.9 Å². The highest BCUT2D eigenvalue weighted by Crippen LogP contribution is 2.51. The fourth-order valence-electron chi connectivity index (χ4n) is 4.32. The molecule has 0 bridgehead atoms. The molecule has 0 saturated heterocycles. The van der Waals surface area contributed by atoms with Gasteiger partial charge < -0.3 is 10.1 Å². The fraction of sp³-hybridized carbons (Fsp3) is 0.160. The number of anilines is 1. The SMILES string of the molecule is CC1(C)c2cc([N+](=O)[O-])ccc2NC12C=Cc1cc(C(=O)c3ccccc3)ccc1O2. The van der Waals surface area contributed by atoms with Crippen molar-refractivity contribution in [2.75, 3.05) is 5.32 Å². The van der Waals surface area contributed by atoms with Gasteiger partial charge in [-0.25, -0.2) is 0 Å². The minimum absolute atomic E-state index is 0.0453. The molecule has 1 N–H and O–H groups in total. The van der Waals surface area contributed by atoms with Crippen LogP contribution < -0.4 is 10.1 Å². The number of non-ortho nitro benzene ring substituents is 1. The monoisotopic (exact) mass is 412 g/mol. The zero-order chi connectivity index (χ0) is 21.8. The number of carbonyl (C=O) groups is 1. The molecule has 1 unspecified atom stereocenters. The van der Waals surface area contributed by atoms with Crippen LogP contribution in [0.1, 0.15) is 40.9 Å². The molecule has 6 heteroatoms. The topological polar surface area (TPSA) is 81.5 Å². The maximum absolute atomic E-state index is 12.8. The quantitative estimate of drug-likeness (QED) is 0.357. The van der Waals surface area contributed by atoms with E-state index in [4.69, 9.17) is 4.74 Å². The van der Waals surface area contributed by atoms with Crippen molar-refractivity contribution in [3.8, 4) is 5.75 Å². The fourth-order valence-corrected chi connectivity index (χ4v) is 4.32. The highest BCUT2D eigenvalue weighted by Gasteiger charge is 2.54. The summed E-state index contributed by atoms with van der Waals surface area (Å²) in [6, 6.07) is 19.4. The van der Waals surface area contributed by atoms with Crippen LogP contribution in [0.15, 0.2) is 72.8 Å². The number of hydrogen-bond acceptors (Lipinski definition) is 5. The van der Waals surface area contributed by atoms with Crippen molar-refractivity contribution in [2.45, 2.75) is 25.0 Å². The lowest BCUT2D eigenvalue weighted by Crippen LogP contribution is -2.53. The summed E-state index contributed by atoms with van der Waals surface area (Å²) in [7, 11) is 0. The maximum Gasteiger partial charge on any atom is 0.269 e. The van der Waals surface area contributed by atoms with E-state index in [-0.39, 0.29) is 16.4 Å². The normalized spacial score (nSPS) is 19.8. The molecular formula is C25H20N2O4. The van der Waals surface area contributed by atoms with Gasteiger partial charge in [0.2, 0.25) is 5.72 Å². The van der Waals surface area contributed by atoms with E-state index in [1.54, 1.807) is 36.4 Å². The molecule has 31 heavy (non-hydrogen) atoms. The Morgan fingerprint density at radius 1 is 1.00 bits per heavy atom. The zero-order valence-electron chi connectivity index (χ0n) is 17.1. The molecule has 1 atom stereocenters. The predicted octanol–water partition coefficient (Wildman–Crippen LogP) is 5.33.